The Labute approximate surface area is 110 Å². The maximum atomic E-state index is 12.4. The van der Waals surface area contributed by atoms with Gasteiger partial charge in [-0.3, -0.25) is 4.79 Å². The van der Waals surface area contributed by atoms with E-state index in [1.54, 1.807) is 11.3 Å². The summed E-state index contributed by atoms with van der Waals surface area (Å²) >= 11 is 6.68. The zero-order chi connectivity index (χ0) is 12.3. The van der Waals surface area contributed by atoms with Gasteiger partial charge in [0.15, 0.2) is 0 Å². The number of hydrogen-bond acceptors (Lipinski definition) is 3. The van der Waals surface area contributed by atoms with E-state index in [2.05, 4.69) is 5.32 Å². The summed E-state index contributed by atoms with van der Waals surface area (Å²) in [6, 6.07) is 1.89. The van der Waals surface area contributed by atoms with Crippen LogP contribution < -0.4 is 11.1 Å². The van der Waals surface area contributed by atoms with Crippen LogP contribution in [0.2, 0.25) is 0 Å². The molecule has 1 fully saturated rings. The molecule has 1 aliphatic carbocycles. The number of thiocarbonyl (C=S) groups is 1. The molecule has 2 rings (SSSR count). The molecule has 0 bridgehead atoms. The van der Waals surface area contributed by atoms with Gasteiger partial charge in [0.1, 0.15) is 0 Å². The minimum Gasteiger partial charge on any atom is -0.392 e. The number of nitrogens with one attached hydrogen (secondary N) is 1. The Bertz CT molecular complexity index is 408. The molecule has 0 aromatic carbocycles. The summed E-state index contributed by atoms with van der Waals surface area (Å²) in [5.41, 5.74) is 6.01. The summed E-state index contributed by atoms with van der Waals surface area (Å²) in [7, 11) is 0. The fourth-order valence-corrected chi connectivity index (χ4v) is 3.21. The number of nitrogens with two attached hydrogens (primary N) is 1. The molecule has 0 atom stereocenters. The highest BCUT2D eigenvalue weighted by atomic mass is 32.1. The Morgan fingerprint density at radius 3 is 2.65 bits per heavy atom. The first-order chi connectivity index (χ1) is 8.15. The van der Waals surface area contributed by atoms with Gasteiger partial charge in [0, 0.05) is 5.38 Å². The van der Waals surface area contributed by atoms with Crippen LogP contribution in [0.25, 0.3) is 0 Å². The summed E-state index contributed by atoms with van der Waals surface area (Å²) in [6.45, 7) is 0. The van der Waals surface area contributed by atoms with Crippen LogP contribution in [-0.2, 0) is 4.79 Å². The van der Waals surface area contributed by atoms with E-state index in [-0.39, 0.29) is 5.91 Å². The first-order valence-electron chi connectivity index (χ1n) is 5.79. The van der Waals surface area contributed by atoms with Gasteiger partial charge in [0.25, 0.3) is 0 Å². The van der Waals surface area contributed by atoms with E-state index in [4.69, 9.17) is 18.0 Å². The molecule has 0 aliphatic heterocycles. The predicted molar refractivity (Wildman–Crippen MR) is 75.3 cm³/mol. The first-order valence-corrected chi connectivity index (χ1v) is 7.14. The average molecular weight is 268 g/mol. The summed E-state index contributed by atoms with van der Waals surface area (Å²) < 4.78 is 0. The van der Waals surface area contributed by atoms with E-state index >= 15 is 0 Å². The normalized spacial score (nSPS) is 18.6. The smallest absolute Gasteiger partial charge is 0.237 e. The number of carbonyl (C=O) groups excluding carboxylic acids is 1. The summed E-state index contributed by atoms with van der Waals surface area (Å²) in [4.78, 5) is 12.7. The lowest BCUT2D eigenvalue weighted by Crippen LogP contribution is -2.47. The SMILES string of the molecule is NC(=S)C1(C(=O)Nc2ccsc2)CCCCC1. The van der Waals surface area contributed by atoms with Crippen molar-refractivity contribution in [3.05, 3.63) is 16.8 Å². The van der Waals surface area contributed by atoms with Crippen LogP contribution in [0.4, 0.5) is 5.69 Å². The van der Waals surface area contributed by atoms with Crippen LogP contribution in [0.3, 0.4) is 0 Å². The van der Waals surface area contributed by atoms with Gasteiger partial charge in [-0.1, -0.05) is 31.5 Å². The van der Waals surface area contributed by atoms with Gasteiger partial charge >= 0.3 is 0 Å². The monoisotopic (exact) mass is 268 g/mol. The number of anilines is 1. The van der Waals surface area contributed by atoms with E-state index in [9.17, 15) is 4.79 Å². The highest BCUT2D eigenvalue weighted by Crippen LogP contribution is 2.37. The van der Waals surface area contributed by atoms with Crippen LogP contribution in [-0.4, -0.2) is 10.9 Å². The Kier molecular flexibility index (Phi) is 3.79. The van der Waals surface area contributed by atoms with Crippen LogP contribution in [0, 0.1) is 5.41 Å². The maximum absolute atomic E-state index is 12.4. The Hall–Kier alpha value is -0.940. The van der Waals surface area contributed by atoms with Crippen LogP contribution in [0.5, 0.6) is 0 Å². The summed E-state index contributed by atoms with van der Waals surface area (Å²) in [6.07, 6.45) is 4.76. The zero-order valence-electron chi connectivity index (χ0n) is 9.57. The van der Waals surface area contributed by atoms with Gasteiger partial charge in [-0.25, -0.2) is 0 Å². The van der Waals surface area contributed by atoms with E-state index in [0.29, 0.717) is 4.99 Å². The quantitative estimate of drug-likeness (QED) is 0.829. The average Bonchev–Trinajstić information content (AvgIpc) is 2.82. The summed E-state index contributed by atoms with van der Waals surface area (Å²) in [5.74, 6) is -0.0388. The highest BCUT2D eigenvalue weighted by molar-refractivity contribution is 7.80. The fourth-order valence-electron chi connectivity index (χ4n) is 2.33. The van der Waals surface area contributed by atoms with Crippen molar-refractivity contribution in [1.82, 2.24) is 0 Å². The molecule has 0 unspecified atom stereocenters. The molecule has 3 nitrogen and oxygen atoms in total. The van der Waals surface area contributed by atoms with Gasteiger partial charge in [0.05, 0.1) is 16.1 Å². The number of carbonyl (C=O) groups is 1. The van der Waals surface area contributed by atoms with Gasteiger partial charge in [0.2, 0.25) is 5.91 Å². The summed E-state index contributed by atoms with van der Waals surface area (Å²) in [5, 5.41) is 6.76. The lowest BCUT2D eigenvalue weighted by atomic mass is 9.73. The molecular formula is C12H16N2OS2. The molecule has 0 saturated heterocycles. The topological polar surface area (TPSA) is 55.1 Å². The molecule has 1 amide bonds. The van der Waals surface area contributed by atoms with Crippen molar-refractivity contribution in [2.45, 2.75) is 32.1 Å². The largest absolute Gasteiger partial charge is 0.392 e. The molecule has 17 heavy (non-hydrogen) atoms. The van der Waals surface area contributed by atoms with Gasteiger partial charge in [-0.2, -0.15) is 11.3 Å². The Morgan fingerprint density at radius 1 is 1.41 bits per heavy atom. The molecule has 1 aliphatic rings. The third-order valence-electron chi connectivity index (χ3n) is 3.39. The van der Waals surface area contributed by atoms with Crippen molar-refractivity contribution >= 4 is 40.1 Å². The molecule has 1 saturated carbocycles. The molecule has 0 radical (unpaired) electrons. The minimum absolute atomic E-state index is 0.0388. The second kappa shape index (κ2) is 5.14. The van der Waals surface area contributed by atoms with Gasteiger partial charge < -0.3 is 11.1 Å². The fraction of sp³-hybridized carbons (Fsp3) is 0.500. The van der Waals surface area contributed by atoms with E-state index < -0.39 is 5.41 Å². The maximum Gasteiger partial charge on any atom is 0.237 e. The van der Waals surface area contributed by atoms with Gasteiger partial charge in [-0.15, -0.1) is 0 Å². The minimum atomic E-state index is -0.629. The molecule has 5 heteroatoms. The van der Waals surface area contributed by atoms with Crippen LogP contribution in [0.1, 0.15) is 32.1 Å². The first kappa shape index (κ1) is 12.5. The number of rotatable bonds is 3. The highest BCUT2D eigenvalue weighted by Gasteiger charge is 2.42. The third-order valence-corrected chi connectivity index (χ3v) is 4.47. The lowest BCUT2D eigenvalue weighted by molar-refractivity contribution is -0.123. The van der Waals surface area contributed by atoms with E-state index in [1.165, 1.54) is 0 Å². The van der Waals surface area contributed by atoms with Crippen molar-refractivity contribution in [3.8, 4) is 0 Å². The van der Waals surface area contributed by atoms with Crippen molar-refractivity contribution in [3.63, 3.8) is 0 Å². The van der Waals surface area contributed by atoms with Crippen LogP contribution >= 0.6 is 23.6 Å². The molecule has 92 valence electrons. The Balaban J connectivity index is 2.15. The molecule has 1 aromatic rings. The lowest BCUT2D eigenvalue weighted by Gasteiger charge is -2.34. The van der Waals surface area contributed by atoms with Crippen LogP contribution in [0.15, 0.2) is 16.8 Å². The molecule has 1 aromatic heterocycles. The zero-order valence-corrected chi connectivity index (χ0v) is 11.2. The van der Waals surface area contributed by atoms with Crippen molar-refractivity contribution in [1.29, 1.82) is 0 Å². The Morgan fingerprint density at radius 2 is 2.12 bits per heavy atom. The standard InChI is InChI=1S/C12H16N2OS2/c13-10(16)12(5-2-1-3-6-12)11(15)14-9-4-7-17-8-9/h4,7-8H,1-3,5-6H2,(H2,13,16)(H,14,15). The van der Waals surface area contributed by atoms with Crippen molar-refractivity contribution in [2.24, 2.45) is 11.1 Å². The van der Waals surface area contributed by atoms with E-state index in [1.807, 2.05) is 16.8 Å². The third kappa shape index (κ3) is 2.50. The van der Waals surface area contributed by atoms with E-state index in [0.717, 1.165) is 37.8 Å². The van der Waals surface area contributed by atoms with Crippen molar-refractivity contribution in [2.75, 3.05) is 5.32 Å². The number of hydrogen-bond donors (Lipinski definition) is 2. The number of amides is 1. The van der Waals surface area contributed by atoms with Gasteiger partial charge in [-0.05, 0) is 24.3 Å². The molecule has 1 heterocycles. The second-order valence-corrected chi connectivity index (χ2v) is 5.69. The number of thiophene rings is 1. The second-order valence-electron chi connectivity index (χ2n) is 4.47. The molecular weight excluding hydrogens is 252 g/mol. The predicted octanol–water partition coefficient (Wildman–Crippen LogP) is 2.92. The molecule has 0 spiro atoms. The molecule has 3 N–H and O–H groups in total. The van der Waals surface area contributed by atoms with Crippen molar-refractivity contribution < 1.29 is 4.79 Å².